The van der Waals surface area contributed by atoms with Gasteiger partial charge >= 0.3 is 5.97 Å². The van der Waals surface area contributed by atoms with E-state index in [1.165, 1.54) is 0 Å². The number of carbonyl (C=O) groups excluding carboxylic acids is 2. The number of nitrogens with one attached hydrogen (secondary N) is 1. The van der Waals surface area contributed by atoms with Crippen molar-refractivity contribution in [2.24, 2.45) is 5.10 Å². The molecule has 3 rings (SSSR count). The molecule has 0 aliphatic rings. The van der Waals surface area contributed by atoms with E-state index in [1.807, 2.05) is 42.5 Å². The largest absolute Gasteiger partial charge is 0.482 e. The minimum atomic E-state index is -0.410. The van der Waals surface area contributed by atoms with Crippen molar-refractivity contribution in [3.63, 3.8) is 0 Å². The van der Waals surface area contributed by atoms with E-state index >= 15 is 0 Å². The molecule has 0 fully saturated rings. The van der Waals surface area contributed by atoms with Gasteiger partial charge in [0.15, 0.2) is 6.61 Å². The molecule has 0 aromatic heterocycles. The van der Waals surface area contributed by atoms with Gasteiger partial charge < -0.3 is 9.47 Å². The van der Waals surface area contributed by atoms with Crippen LogP contribution in [0.1, 0.15) is 18.1 Å². The fraction of sp³-hybridized carbons (Fsp3) is 0.174. The average Bonchev–Trinajstić information content (AvgIpc) is 2.74. The Hall–Kier alpha value is -3.67. The number of nitrogens with zero attached hydrogens (tertiary/aromatic N) is 1. The molecular formula is C23H22N2O4. The Morgan fingerprint density at radius 1 is 1.00 bits per heavy atom. The van der Waals surface area contributed by atoms with Crippen molar-refractivity contribution in [2.75, 3.05) is 13.2 Å². The SMILES string of the molecule is CCOC(=O)COc1ccc(/C=N\NC(=O)Cc2cccc3ccccc23)cc1. The van der Waals surface area contributed by atoms with Gasteiger partial charge in [-0.2, -0.15) is 5.10 Å². The van der Waals surface area contributed by atoms with Gasteiger partial charge in [-0.05, 0) is 53.1 Å². The number of benzene rings is 3. The summed E-state index contributed by atoms with van der Waals surface area (Å²) in [5.74, 6) is -0.0470. The molecule has 0 aliphatic carbocycles. The number of amides is 1. The molecule has 6 nitrogen and oxygen atoms in total. The van der Waals surface area contributed by atoms with Crippen molar-refractivity contribution in [2.45, 2.75) is 13.3 Å². The summed E-state index contributed by atoms with van der Waals surface area (Å²) in [6.45, 7) is 1.93. The number of carbonyl (C=O) groups is 2. The lowest BCUT2D eigenvalue weighted by atomic mass is 10.0. The Kier molecular flexibility index (Phi) is 6.95. The number of ether oxygens (including phenoxy) is 2. The minimum absolute atomic E-state index is 0.133. The third-order valence-electron chi connectivity index (χ3n) is 4.18. The predicted molar refractivity (Wildman–Crippen MR) is 112 cm³/mol. The molecule has 1 amide bonds. The van der Waals surface area contributed by atoms with Crippen LogP contribution in [0.2, 0.25) is 0 Å². The van der Waals surface area contributed by atoms with Crippen molar-refractivity contribution < 1.29 is 19.1 Å². The van der Waals surface area contributed by atoms with Crippen LogP contribution in [0.5, 0.6) is 5.75 Å². The fourth-order valence-corrected chi connectivity index (χ4v) is 2.83. The Morgan fingerprint density at radius 2 is 1.76 bits per heavy atom. The summed E-state index contributed by atoms with van der Waals surface area (Å²) in [6, 6.07) is 20.9. The van der Waals surface area contributed by atoms with Crippen LogP contribution in [0.15, 0.2) is 71.8 Å². The maximum atomic E-state index is 12.2. The van der Waals surface area contributed by atoms with Gasteiger partial charge in [0.25, 0.3) is 0 Å². The fourth-order valence-electron chi connectivity index (χ4n) is 2.83. The molecule has 148 valence electrons. The summed E-state index contributed by atoms with van der Waals surface area (Å²) >= 11 is 0. The highest BCUT2D eigenvalue weighted by Crippen LogP contribution is 2.18. The number of rotatable bonds is 8. The molecule has 0 radical (unpaired) electrons. The van der Waals surface area contributed by atoms with Gasteiger partial charge in [-0.15, -0.1) is 0 Å². The highest BCUT2D eigenvalue weighted by molar-refractivity contribution is 5.90. The summed E-state index contributed by atoms with van der Waals surface area (Å²) in [7, 11) is 0. The van der Waals surface area contributed by atoms with Crippen molar-refractivity contribution in [3.8, 4) is 5.75 Å². The summed E-state index contributed by atoms with van der Waals surface area (Å²) < 4.78 is 10.1. The first-order valence-corrected chi connectivity index (χ1v) is 9.32. The molecule has 0 aliphatic heterocycles. The molecule has 0 atom stereocenters. The third-order valence-corrected chi connectivity index (χ3v) is 4.18. The van der Waals surface area contributed by atoms with Gasteiger partial charge in [-0.1, -0.05) is 42.5 Å². The molecule has 29 heavy (non-hydrogen) atoms. The second kappa shape index (κ2) is 10.0. The normalized spacial score (nSPS) is 10.8. The number of esters is 1. The van der Waals surface area contributed by atoms with Gasteiger partial charge in [0.2, 0.25) is 5.91 Å². The Labute approximate surface area is 169 Å². The van der Waals surface area contributed by atoms with E-state index < -0.39 is 5.97 Å². The molecule has 3 aromatic rings. The van der Waals surface area contributed by atoms with Crippen LogP contribution in [0.4, 0.5) is 0 Å². The maximum Gasteiger partial charge on any atom is 0.344 e. The highest BCUT2D eigenvalue weighted by atomic mass is 16.6. The first-order chi connectivity index (χ1) is 14.2. The zero-order valence-corrected chi connectivity index (χ0v) is 16.1. The zero-order valence-electron chi connectivity index (χ0n) is 16.1. The topological polar surface area (TPSA) is 77.0 Å². The molecule has 0 spiro atoms. The van der Waals surface area contributed by atoms with Crippen LogP contribution in [0.3, 0.4) is 0 Å². The first-order valence-electron chi connectivity index (χ1n) is 9.32. The molecule has 0 saturated carbocycles. The lowest BCUT2D eigenvalue weighted by Gasteiger charge is -2.06. The van der Waals surface area contributed by atoms with Crippen LogP contribution in [-0.2, 0) is 20.7 Å². The van der Waals surface area contributed by atoms with E-state index in [-0.39, 0.29) is 18.9 Å². The van der Waals surface area contributed by atoms with Crippen molar-refractivity contribution in [3.05, 3.63) is 77.9 Å². The lowest BCUT2D eigenvalue weighted by molar-refractivity contribution is -0.145. The van der Waals surface area contributed by atoms with Crippen LogP contribution in [0.25, 0.3) is 10.8 Å². The van der Waals surface area contributed by atoms with E-state index in [0.29, 0.717) is 12.4 Å². The summed E-state index contributed by atoms with van der Waals surface area (Å²) in [4.78, 5) is 23.5. The molecule has 1 N–H and O–H groups in total. The Bertz CT molecular complexity index is 1010. The van der Waals surface area contributed by atoms with Crippen LogP contribution in [-0.4, -0.2) is 31.3 Å². The summed E-state index contributed by atoms with van der Waals surface area (Å²) in [6.07, 6.45) is 1.80. The molecule has 0 heterocycles. The quantitative estimate of drug-likeness (QED) is 0.363. The Balaban J connectivity index is 1.51. The Morgan fingerprint density at radius 3 is 2.55 bits per heavy atom. The van der Waals surface area contributed by atoms with E-state index in [9.17, 15) is 9.59 Å². The van der Waals surface area contributed by atoms with Crippen LogP contribution >= 0.6 is 0 Å². The number of hydrogen-bond acceptors (Lipinski definition) is 5. The van der Waals surface area contributed by atoms with E-state index in [4.69, 9.17) is 9.47 Å². The average molecular weight is 390 g/mol. The van der Waals surface area contributed by atoms with Gasteiger partial charge in [-0.3, -0.25) is 4.79 Å². The predicted octanol–water partition coefficient (Wildman–Crippen LogP) is 3.47. The van der Waals surface area contributed by atoms with Gasteiger partial charge in [-0.25, -0.2) is 10.2 Å². The van der Waals surface area contributed by atoms with Crippen LogP contribution < -0.4 is 10.2 Å². The molecule has 0 saturated heterocycles. The van der Waals surface area contributed by atoms with E-state index in [1.54, 1.807) is 37.4 Å². The summed E-state index contributed by atoms with van der Waals surface area (Å²) in [5.41, 5.74) is 4.30. The number of hydrazone groups is 1. The number of fused-ring (bicyclic) bond motifs is 1. The zero-order chi connectivity index (χ0) is 20.5. The molecule has 0 unspecified atom stereocenters. The van der Waals surface area contributed by atoms with E-state index in [0.717, 1.165) is 21.9 Å². The highest BCUT2D eigenvalue weighted by Gasteiger charge is 2.06. The number of hydrogen-bond donors (Lipinski definition) is 1. The lowest BCUT2D eigenvalue weighted by Crippen LogP contribution is -2.19. The smallest absolute Gasteiger partial charge is 0.344 e. The summed E-state index contributed by atoms with van der Waals surface area (Å²) in [5, 5.41) is 6.17. The second-order valence-corrected chi connectivity index (χ2v) is 6.27. The maximum absolute atomic E-state index is 12.2. The van der Waals surface area contributed by atoms with Crippen LogP contribution in [0, 0.1) is 0 Å². The molecular weight excluding hydrogens is 368 g/mol. The first kappa shape index (κ1) is 20.1. The molecule has 6 heteroatoms. The van der Waals surface area contributed by atoms with Gasteiger partial charge in [0.05, 0.1) is 19.2 Å². The third kappa shape index (κ3) is 5.90. The van der Waals surface area contributed by atoms with Gasteiger partial charge in [0, 0.05) is 0 Å². The van der Waals surface area contributed by atoms with Crippen molar-refractivity contribution in [1.82, 2.24) is 5.43 Å². The van der Waals surface area contributed by atoms with Gasteiger partial charge in [0.1, 0.15) is 5.75 Å². The monoisotopic (exact) mass is 390 g/mol. The standard InChI is InChI=1S/C23H22N2O4/c1-2-28-23(27)16-29-20-12-10-17(11-13-20)15-24-25-22(26)14-19-8-5-7-18-6-3-4-9-21(18)19/h3-13,15H,2,14,16H2,1H3,(H,25,26)/b24-15-. The van der Waals surface area contributed by atoms with Crippen molar-refractivity contribution >= 4 is 28.9 Å². The minimum Gasteiger partial charge on any atom is -0.482 e. The van der Waals surface area contributed by atoms with E-state index in [2.05, 4.69) is 10.5 Å². The van der Waals surface area contributed by atoms with Crippen molar-refractivity contribution in [1.29, 1.82) is 0 Å². The second-order valence-electron chi connectivity index (χ2n) is 6.27. The molecule has 3 aromatic carbocycles. The molecule has 0 bridgehead atoms.